The van der Waals surface area contributed by atoms with Gasteiger partial charge in [0.2, 0.25) is 0 Å². The van der Waals surface area contributed by atoms with Crippen LogP contribution in [0.5, 0.6) is 11.5 Å². The van der Waals surface area contributed by atoms with Crippen molar-refractivity contribution >= 4 is 0 Å². The molecule has 0 fully saturated rings. The molecule has 92 valence electrons. The van der Waals surface area contributed by atoms with Crippen molar-refractivity contribution in [1.82, 2.24) is 0 Å². The molecular formula is C17H18O. The van der Waals surface area contributed by atoms with Crippen molar-refractivity contribution in [2.45, 2.75) is 26.7 Å². The first-order valence-electron chi connectivity index (χ1n) is 6.54. The van der Waals surface area contributed by atoms with Crippen LogP contribution in [0.25, 0.3) is 0 Å². The summed E-state index contributed by atoms with van der Waals surface area (Å²) in [4.78, 5) is 0. The van der Waals surface area contributed by atoms with Crippen molar-refractivity contribution in [2.24, 2.45) is 5.92 Å². The Bertz CT molecular complexity index is 584. The average molecular weight is 238 g/mol. The first kappa shape index (κ1) is 11.3. The molecule has 0 spiro atoms. The van der Waals surface area contributed by atoms with Gasteiger partial charge in [0.25, 0.3) is 0 Å². The lowest BCUT2D eigenvalue weighted by Gasteiger charge is -2.31. The zero-order valence-corrected chi connectivity index (χ0v) is 11.1. The van der Waals surface area contributed by atoms with Gasteiger partial charge >= 0.3 is 0 Å². The molecule has 1 heterocycles. The maximum atomic E-state index is 6.01. The van der Waals surface area contributed by atoms with Gasteiger partial charge in [-0.3, -0.25) is 0 Å². The molecule has 1 atom stereocenters. The Hall–Kier alpha value is -1.76. The molecule has 1 nitrogen and oxygen atoms in total. The minimum atomic E-state index is 0.435. The summed E-state index contributed by atoms with van der Waals surface area (Å²) in [5.41, 5.74) is 3.93. The molecule has 0 bridgehead atoms. The van der Waals surface area contributed by atoms with Gasteiger partial charge in [-0.05, 0) is 25.0 Å². The van der Waals surface area contributed by atoms with E-state index in [2.05, 4.69) is 57.2 Å². The molecule has 1 aliphatic rings. The predicted molar refractivity (Wildman–Crippen MR) is 74.4 cm³/mol. The number of ether oxygens (including phenoxy) is 1. The number of rotatable bonds is 1. The Kier molecular flexibility index (Phi) is 2.62. The molecule has 0 saturated carbocycles. The molecule has 0 aliphatic carbocycles. The van der Waals surface area contributed by atoms with Crippen molar-refractivity contribution in [3.05, 3.63) is 59.2 Å². The van der Waals surface area contributed by atoms with Gasteiger partial charge in [-0.1, -0.05) is 49.7 Å². The highest BCUT2D eigenvalue weighted by atomic mass is 16.5. The number of para-hydroxylation sites is 1. The van der Waals surface area contributed by atoms with E-state index >= 15 is 0 Å². The summed E-state index contributed by atoms with van der Waals surface area (Å²) in [5, 5.41) is 0. The summed E-state index contributed by atoms with van der Waals surface area (Å²) < 4.78 is 6.01. The van der Waals surface area contributed by atoms with Gasteiger partial charge in [0.05, 0.1) is 0 Å². The molecule has 0 radical (unpaired) electrons. The summed E-state index contributed by atoms with van der Waals surface area (Å²) in [5.74, 6) is 3.02. The largest absolute Gasteiger partial charge is 0.457 e. The zero-order chi connectivity index (χ0) is 12.7. The maximum absolute atomic E-state index is 6.01. The minimum absolute atomic E-state index is 0.435. The van der Waals surface area contributed by atoms with Crippen LogP contribution in [-0.2, 0) is 0 Å². The summed E-state index contributed by atoms with van der Waals surface area (Å²) in [6.45, 7) is 6.69. The molecule has 1 heteroatoms. The maximum Gasteiger partial charge on any atom is 0.131 e. The van der Waals surface area contributed by atoms with E-state index in [4.69, 9.17) is 4.74 Å². The lowest BCUT2D eigenvalue weighted by molar-refractivity contribution is 0.419. The van der Waals surface area contributed by atoms with Gasteiger partial charge in [-0.25, -0.2) is 0 Å². The zero-order valence-electron chi connectivity index (χ0n) is 11.1. The van der Waals surface area contributed by atoms with Gasteiger partial charge < -0.3 is 4.74 Å². The molecule has 0 amide bonds. The second kappa shape index (κ2) is 4.16. The molecule has 0 aromatic heterocycles. The van der Waals surface area contributed by atoms with E-state index in [0.29, 0.717) is 11.8 Å². The minimum Gasteiger partial charge on any atom is -0.457 e. The third-order valence-corrected chi connectivity index (χ3v) is 3.64. The van der Waals surface area contributed by atoms with Crippen molar-refractivity contribution < 1.29 is 4.74 Å². The number of benzene rings is 2. The topological polar surface area (TPSA) is 9.23 Å². The van der Waals surface area contributed by atoms with E-state index < -0.39 is 0 Å². The molecule has 2 aromatic rings. The Balaban J connectivity index is 2.21. The second-order valence-corrected chi connectivity index (χ2v) is 5.40. The number of fused-ring (bicyclic) bond motifs is 2. The molecule has 0 N–H and O–H groups in total. The normalized spacial score (nSPS) is 17.0. The third-order valence-electron chi connectivity index (χ3n) is 3.64. The van der Waals surface area contributed by atoms with Crippen LogP contribution in [0, 0.1) is 12.8 Å². The van der Waals surface area contributed by atoms with Crippen LogP contribution in [0.4, 0.5) is 0 Å². The molecule has 1 aliphatic heterocycles. The van der Waals surface area contributed by atoms with Crippen LogP contribution in [-0.4, -0.2) is 0 Å². The average Bonchev–Trinajstić information content (AvgIpc) is 2.35. The number of hydrogen-bond donors (Lipinski definition) is 0. The van der Waals surface area contributed by atoms with Crippen molar-refractivity contribution in [1.29, 1.82) is 0 Å². The standard InChI is InChI=1S/C17H18O/c1-11(2)17-13-6-4-5-7-15(13)18-16-9-8-12(3)10-14(16)17/h4-11,17H,1-3H3. The first-order valence-corrected chi connectivity index (χ1v) is 6.54. The molecule has 18 heavy (non-hydrogen) atoms. The quantitative estimate of drug-likeness (QED) is 0.687. The van der Waals surface area contributed by atoms with Crippen LogP contribution in [0.2, 0.25) is 0 Å². The fourth-order valence-corrected chi connectivity index (χ4v) is 2.84. The summed E-state index contributed by atoms with van der Waals surface area (Å²) in [7, 11) is 0. The summed E-state index contributed by atoms with van der Waals surface area (Å²) >= 11 is 0. The van der Waals surface area contributed by atoms with Crippen LogP contribution in [0.15, 0.2) is 42.5 Å². The third kappa shape index (κ3) is 1.71. The fraction of sp³-hybridized carbons (Fsp3) is 0.294. The Morgan fingerprint density at radius 2 is 1.67 bits per heavy atom. The second-order valence-electron chi connectivity index (χ2n) is 5.40. The molecule has 3 rings (SSSR count). The van der Waals surface area contributed by atoms with E-state index in [1.54, 1.807) is 0 Å². The lowest BCUT2D eigenvalue weighted by Crippen LogP contribution is -2.15. The fourth-order valence-electron chi connectivity index (χ4n) is 2.84. The van der Waals surface area contributed by atoms with E-state index in [1.165, 1.54) is 16.7 Å². The highest BCUT2D eigenvalue weighted by Gasteiger charge is 2.29. The van der Waals surface area contributed by atoms with Crippen molar-refractivity contribution in [3.63, 3.8) is 0 Å². The van der Waals surface area contributed by atoms with E-state index in [9.17, 15) is 0 Å². The van der Waals surface area contributed by atoms with E-state index in [1.807, 2.05) is 6.07 Å². The summed E-state index contributed by atoms with van der Waals surface area (Å²) in [6.07, 6.45) is 0. The van der Waals surface area contributed by atoms with Crippen LogP contribution >= 0.6 is 0 Å². The summed E-state index contributed by atoms with van der Waals surface area (Å²) in [6, 6.07) is 14.8. The smallest absolute Gasteiger partial charge is 0.131 e. The van der Waals surface area contributed by atoms with Crippen molar-refractivity contribution in [2.75, 3.05) is 0 Å². The van der Waals surface area contributed by atoms with E-state index in [0.717, 1.165) is 11.5 Å². The van der Waals surface area contributed by atoms with Gasteiger partial charge in [0.15, 0.2) is 0 Å². The van der Waals surface area contributed by atoms with Gasteiger partial charge in [0.1, 0.15) is 11.5 Å². The number of hydrogen-bond acceptors (Lipinski definition) is 1. The highest BCUT2D eigenvalue weighted by molar-refractivity contribution is 5.54. The predicted octanol–water partition coefficient (Wildman–Crippen LogP) is 4.89. The lowest BCUT2D eigenvalue weighted by atomic mass is 9.80. The van der Waals surface area contributed by atoms with Gasteiger partial charge in [-0.15, -0.1) is 0 Å². The van der Waals surface area contributed by atoms with Crippen LogP contribution < -0.4 is 4.74 Å². The van der Waals surface area contributed by atoms with Crippen LogP contribution in [0.1, 0.15) is 36.5 Å². The molecule has 2 aromatic carbocycles. The Labute approximate surface area is 108 Å². The van der Waals surface area contributed by atoms with E-state index in [-0.39, 0.29) is 0 Å². The van der Waals surface area contributed by atoms with Gasteiger partial charge in [-0.2, -0.15) is 0 Å². The Morgan fingerprint density at radius 3 is 2.44 bits per heavy atom. The first-order chi connectivity index (χ1) is 8.66. The monoisotopic (exact) mass is 238 g/mol. The molecular weight excluding hydrogens is 220 g/mol. The SMILES string of the molecule is Cc1ccc2c(c1)C(C(C)C)c1ccccc1O2. The Morgan fingerprint density at radius 1 is 0.944 bits per heavy atom. The number of aryl methyl sites for hydroxylation is 1. The molecule has 1 unspecified atom stereocenters. The molecule has 0 saturated heterocycles. The highest BCUT2D eigenvalue weighted by Crippen LogP contribution is 2.47. The van der Waals surface area contributed by atoms with Gasteiger partial charge in [0, 0.05) is 17.0 Å². The van der Waals surface area contributed by atoms with Crippen molar-refractivity contribution in [3.8, 4) is 11.5 Å². The van der Waals surface area contributed by atoms with Crippen LogP contribution in [0.3, 0.4) is 0 Å².